The van der Waals surface area contributed by atoms with Crippen molar-refractivity contribution in [3.63, 3.8) is 0 Å². The van der Waals surface area contributed by atoms with Crippen LogP contribution in [0, 0.1) is 11.2 Å². The normalized spacial score (nSPS) is 12.2. The van der Waals surface area contributed by atoms with E-state index in [-0.39, 0.29) is 23.4 Å². The van der Waals surface area contributed by atoms with Gasteiger partial charge in [0.15, 0.2) is 0 Å². The van der Waals surface area contributed by atoms with Gasteiger partial charge in [-0.25, -0.2) is 4.39 Å². The molecule has 0 amide bonds. The van der Waals surface area contributed by atoms with Crippen molar-refractivity contribution in [3.05, 3.63) is 65.5 Å². The predicted molar refractivity (Wildman–Crippen MR) is 102 cm³/mol. The maximum absolute atomic E-state index is 13.8. The summed E-state index contributed by atoms with van der Waals surface area (Å²) in [6.07, 6.45) is 1.07. The van der Waals surface area contributed by atoms with Crippen molar-refractivity contribution in [1.29, 1.82) is 0 Å². The summed E-state index contributed by atoms with van der Waals surface area (Å²) in [4.78, 5) is 0. The van der Waals surface area contributed by atoms with Crippen LogP contribution in [0.25, 0.3) is 0 Å². The summed E-state index contributed by atoms with van der Waals surface area (Å²) in [5.74, 6) is 0.564. The Labute approximate surface area is 151 Å². The number of para-hydroxylation sites is 1. The first-order valence-electron chi connectivity index (χ1n) is 8.85. The average molecular weight is 343 g/mol. The van der Waals surface area contributed by atoms with Crippen LogP contribution in [0.4, 0.5) is 4.39 Å². The molecule has 0 radical (unpaired) electrons. The first kappa shape index (κ1) is 19.5. The Kier molecular flexibility index (Phi) is 6.23. The van der Waals surface area contributed by atoms with E-state index >= 15 is 0 Å². The van der Waals surface area contributed by atoms with Gasteiger partial charge in [0.25, 0.3) is 0 Å². The van der Waals surface area contributed by atoms with Crippen LogP contribution in [0.1, 0.15) is 52.2 Å². The molecule has 25 heavy (non-hydrogen) atoms. The van der Waals surface area contributed by atoms with Crippen LogP contribution in [-0.2, 0) is 13.2 Å². The summed E-state index contributed by atoms with van der Waals surface area (Å²) >= 11 is 0. The van der Waals surface area contributed by atoms with Crippen LogP contribution in [0.3, 0.4) is 0 Å². The lowest BCUT2D eigenvalue weighted by molar-refractivity contribution is 0.238. The molecule has 2 aromatic rings. The molecule has 0 unspecified atom stereocenters. The lowest BCUT2D eigenvalue weighted by Gasteiger charge is -2.33. The molecule has 0 aliphatic carbocycles. The Morgan fingerprint density at radius 2 is 1.48 bits per heavy atom. The summed E-state index contributed by atoms with van der Waals surface area (Å²) in [5.41, 5.74) is 1.94. The minimum Gasteiger partial charge on any atom is -0.488 e. The van der Waals surface area contributed by atoms with Crippen LogP contribution in [-0.4, -0.2) is 5.54 Å². The molecule has 0 aromatic heterocycles. The fraction of sp³-hybridized carbons (Fsp3) is 0.455. The molecule has 0 bridgehead atoms. The van der Waals surface area contributed by atoms with Gasteiger partial charge in [-0.3, -0.25) is 0 Å². The number of nitrogens with one attached hydrogen (secondary N) is 1. The second-order valence-electron chi connectivity index (χ2n) is 8.46. The molecule has 0 aliphatic rings. The van der Waals surface area contributed by atoms with Crippen LogP contribution in [0.15, 0.2) is 48.5 Å². The highest BCUT2D eigenvalue weighted by atomic mass is 19.1. The maximum Gasteiger partial charge on any atom is 0.129 e. The first-order valence-corrected chi connectivity index (χ1v) is 8.85. The van der Waals surface area contributed by atoms with Gasteiger partial charge in [0.1, 0.15) is 18.2 Å². The van der Waals surface area contributed by atoms with Crippen molar-refractivity contribution in [2.75, 3.05) is 0 Å². The van der Waals surface area contributed by atoms with Crippen LogP contribution in [0.5, 0.6) is 5.75 Å². The third-order valence-electron chi connectivity index (χ3n) is 4.04. The number of halogens is 1. The molecule has 0 saturated carbocycles. The van der Waals surface area contributed by atoms with Crippen LogP contribution < -0.4 is 10.1 Å². The molecule has 0 saturated heterocycles. The second kappa shape index (κ2) is 8.01. The van der Waals surface area contributed by atoms with Crippen molar-refractivity contribution in [3.8, 4) is 5.75 Å². The van der Waals surface area contributed by atoms with Crippen molar-refractivity contribution < 1.29 is 9.13 Å². The van der Waals surface area contributed by atoms with Crippen LogP contribution >= 0.6 is 0 Å². The highest BCUT2D eigenvalue weighted by Gasteiger charge is 2.25. The molecule has 2 rings (SSSR count). The smallest absolute Gasteiger partial charge is 0.129 e. The van der Waals surface area contributed by atoms with Gasteiger partial charge in [-0.05, 0) is 37.8 Å². The minimum atomic E-state index is -0.232. The zero-order valence-corrected chi connectivity index (χ0v) is 16.0. The molecule has 0 spiro atoms. The SMILES string of the molecule is CC(C)(C)CC(C)(C)NCc1ccccc1OCc1ccccc1F. The molecule has 2 nitrogen and oxygen atoms in total. The van der Waals surface area contributed by atoms with E-state index in [2.05, 4.69) is 46.0 Å². The average Bonchev–Trinajstić information content (AvgIpc) is 2.51. The zero-order chi connectivity index (χ0) is 18.5. The molecule has 0 fully saturated rings. The Hall–Kier alpha value is -1.87. The standard InChI is InChI=1S/C22H30FNO/c1-21(2,3)16-22(4,5)24-14-17-10-7-9-13-20(17)25-15-18-11-6-8-12-19(18)23/h6-13,24H,14-16H2,1-5H3. The third kappa shape index (κ3) is 6.50. The maximum atomic E-state index is 13.8. The van der Waals surface area contributed by atoms with Gasteiger partial charge < -0.3 is 10.1 Å². The van der Waals surface area contributed by atoms with E-state index in [1.165, 1.54) is 6.07 Å². The lowest BCUT2D eigenvalue weighted by atomic mass is 9.82. The Balaban J connectivity index is 2.02. The number of ether oxygens (including phenoxy) is 1. The van der Waals surface area contributed by atoms with Crippen molar-refractivity contribution in [2.45, 2.75) is 59.7 Å². The number of benzene rings is 2. The van der Waals surface area contributed by atoms with Gasteiger partial charge in [-0.15, -0.1) is 0 Å². The monoisotopic (exact) mass is 343 g/mol. The van der Waals surface area contributed by atoms with E-state index in [4.69, 9.17) is 4.74 Å². The van der Waals surface area contributed by atoms with Gasteiger partial charge in [0.2, 0.25) is 0 Å². The summed E-state index contributed by atoms with van der Waals surface area (Å²) in [6, 6.07) is 14.7. The number of hydrogen-bond donors (Lipinski definition) is 1. The molecule has 1 N–H and O–H groups in total. The van der Waals surface area contributed by atoms with E-state index in [1.54, 1.807) is 12.1 Å². The molecule has 3 heteroatoms. The van der Waals surface area contributed by atoms with E-state index in [9.17, 15) is 4.39 Å². The highest BCUT2D eigenvalue weighted by molar-refractivity contribution is 5.33. The molecule has 2 aromatic carbocycles. The van der Waals surface area contributed by atoms with Crippen molar-refractivity contribution in [1.82, 2.24) is 5.32 Å². The summed E-state index contributed by atoms with van der Waals surface area (Å²) in [6.45, 7) is 12.2. The van der Waals surface area contributed by atoms with E-state index in [0.29, 0.717) is 5.56 Å². The van der Waals surface area contributed by atoms with E-state index < -0.39 is 0 Å². The molecular formula is C22H30FNO. The minimum absolute atomic E-state index is 0.0247. The molecule has 0 heterocycles. The van der Waals surface area contributed by atoms with Gasteiger partial charge in [0, 0.05) is 23.2 Å². The Morgan fingerprint density at radius 1 is 0.880 bits per heavy atom. The molecule has 136 valence electrons. The van der Waals surface area contributed by atoms with E-state index in [1.807, 2.05) is 24.3 Å². The van der Waals surface area contributed by atoms with Crippen molar-refractivity contribution in [2.24, 2.45) is 5.41 Å². The van der Waals surface area contributed by atoms with Crippen molar-refractivity contribution >= 4 is 0 Å². The van der Waals surface area contributed by atoms with Gasteiger partial charge >= 0.3 is 0 Å². The number of hydrogen-bond acceptors (Lipinski definition) is 2. The second-order valence-corrected chi connectivity index (χ2v) is 8.46. The van der Waals surface area contributed by atoms with Gasteiger partial charge in [-0.1, -0.05) is 57.2 Å². The topological polar surface area (TPSA) is 21.3 Å². The summed E-state index contributed by atoms with van der Waals surface area (Å²) in [5, 5.41) is 3.63. The third-order valence-corrected chi connectivity index (χ3v) is 4.04. The number of rotatable bonds is 7. The first-order chi connectivity index (χ1) is 11.7. The Bertz CT molecular complexity index is 688. The lowest BCUT2D eigenvalue weighted by Crippen LogP contribution is -2.41. The van der Waals surface area contributed by atoms with E-state index in [0.717, 1.165) is 24.3 Å². The summed E-state index contributed by atoms with van der Waals surface area (Å²) in [7, 11) is 0. The molecule has 0 atom stereocenters. The Morgan fingerprint density at radius 3 is 2.12 bits per heavy atom. The van der Waals surface area contributed by atoms with Gasteiger partial charge in [0.05, 0.1) is 0 Å². The van der Waals surface area contributed by atoms with Gasteiger partial charge in [-0.2, -0.15) is 0 Å². The fourth-order valence-electron chi connectivity index (χ4n) is 3.28. The van der Waals surface area contributed by atoms with Crippen LogP contribution in [0.2, 0.25) is 0 Å². The highest BCUT2D eigenvalue weighted by Crippen LogP contribution is 2.28. The molecular weight excluding hydrogens is 313 g/mol. The molecule has 0 aliphatic heterocycles. The largest absolute Gasteiger partial charge is 0.488 e. The predicted octanol–water partition coefficient (Wildman–Crippen LogP) is 5.71. The summed E-state index contributed by atoms with van der Waals surface area (Å²) < 4.78 is 19.7. The fourth-order valence-corrected chi connectivity index (χ4v) is 3.28. The quantitative estimate of drug-likeness (QED) is 0.695. The zero-order valence-electron chi connectivity index (χ0n) is 16.0.